The van der Waals surface area contributed by atoms with Gasteiger partial charge < -0.3 is 60.3 Å². The van der Waals surface area contributed by atoms with Crippen LogP contribution in [-0.4, -0.2) is 186 Å². The molecule has 1 amide bonds. The third-order valence-electron chi connectivity index (χ3n) is 14.3. The van der Waals surface area contributed by atoms with Crippen LogP contribution in [0.4, 0.5) is 5.69 Å². The number of piperidine rings is 8. The third kappa shape index (κ3) is 17.6. The van der Waals surface area contributed by atoms with Crippen molar-refractivity contribution >= 4 is 35.1 Å². The van der Waals surface area contributed by atoms with Crippen molar-refractivity contribution in [3.63, 3.8) is 0 Å². The number of carbonyl (C=O) groups excluding carboxylic acids is 3. The number of amides is 1. The molecule has 8 fully saturated rings. The minimum absolute atomic E-state index is 0. The van der Waals surface area contributed by atoms with Gasteiger partial charge in [0.15, 0.2) is 0 Å². The lowest BCUT2D eigenvalue weighted by Gasteiger charge is -2.43. The number of nitrogens with one attached hydrogen (secondary N) is 1. The van der Waals surface area contributed by atoms with E-state index in [0.29, 0.717) is 42.7 Å². The van der Waals surface area contributed by atoms with Crippen molar-refractivity contribution in [3.05, 3.63) is 22.7 Å². The van der Waals surface area contributed by atoms with E-state index in [1.165, 1.54) is 33.0 Å². The molecular formula is C49H86ClN7O9. The van der Waals surface area contributed by atoms with E-state index in [1.54, 1.807) is 26.4 Å². The molecule has 6 atom stereocenters. The molecule has 8 aliphatic heterocycles. The van der Waals surface area contributed by atoms with Crippen molar-refractivity contribution in [1.82, 2.24) is 24.9 Å². The second-order valence-electron chi connectivity index (χ2n) is 18.8. The lowest BCUT2D eigenvalue weighted by Crippen LogP contribution is -2.55. The van der Waals surface area contributed by atoms with E-state index in [0.717, 1.165) is 130 Å². The Morgan fingerprint density at radius 1 is 0.727 bits per heavy atom. The van der Waals surface area contributed by atoms with Crippen molar-refractivity contribution in [2.75, 3.05) is 112 Å². The molecule has 8 heterocycles. The molecule has 8 saturated heterocycles. The maximum atomic E-state index is 13.0. The highest BCUT2D eigenvalue weighted by Crippen LogP contribution is 2.32. The number of unbranched alkanes of at least 4 members (excludes halogenated alkanes) is 4. The van der Waals surface area contributed by atoms with E-state index in [-0.39, 0.29) is 72.4 Å². The van der Waals surface area contributed by atoms with Gasteiger partial charge in [-0.05, 0) is 135 Å². The normalized spacial score (nSPS) is 29.3. The summed E-state index contributed by atoms with van der Waals surface area (Å²) in [6.07, 6.45) is 13.6. The fourth-order valence-electron chi connectivity index (χ4n) is 10.3. The molecule has 378 valence electrons. The summed E-state index contributed by atoms with van der Waals surface area (Å²) in [5, 5.41) is 12.7. The molecule has 0 radical (unpaired) electrons. The van der Waals surface area contributed by atoms with E-state index < -0.39 is 0 Å². The number of nitrogens with two attached hydrogens (primary N) is 2. The number of nitrogen functional groups attached to an aromatic ring is 1. The predicted molar refractivity (Wildman–Crippen MR) is 260 cm³/mol. The Morgan fingerprint density at radius 3 is 1.82 bits per heavy atom. The number of hydrogen-bond donors (Lipinski definition) is 4. The number of rotatable bonds is 19. The SMILES string of the molecule is C.CCOC(=O)CCCCCN1CC[C@@H](N)[C@@H](OC)C1.COc1cc(N)cc(Cl)c1C(=O)N[C@@H]1CCN(CCCCCC(=O)OC2CN3CCC2CC3)C[C@@H]1OC.OC1CN2CCC1CC2. The molecular weight excluding hydrogens is 866 g/mol. The summed E-state index contributed by atoms with van der Waals surface area (Å²) < 4.78 is 27.1. The number of anilines is 1. The Kier molecular flexibility index (Phi) is 24.8. The summed E-state index contributed by atoms with van der Waals surface area (Å²) in [6, 6.07) is 3.18. The summed E-state index contributed by atoms with van der Waals surface area (Å²) in [4.78, 5) is 46.0. The average molecular weight is 953 g/mol. The zero-order valence-corrected chi connectivity index (χ0v) is 40.7. The average Bonchev–Trinajstić information content (AvgIpc) is 3.30. The summed E-state index contributed by atoms with van der Waals surface area (Å²) in [5.74, 6) is 1.11. The largest absolute Gasteiger partial charge is 0.496 e. The van der Waals surface area contributed by atoms with Crippen LogP contribution in [-0.2, 0) is 28.5 Å². The van der Waals surface area contributed by atoms with Crippen LogP contribution in [0.5, 0.6) is 5.75 Å². The fourth-order valence-corrected chi connectivity index (χ4v) is 10.6. The zero-order valence-electron chi connectivity index (χ0n) is 39.9. The molecule has 2 unspecified atom stereocenters. The van der Waals surface area contributed by atoms with Gasteiger partial charge in [-0.2, -0.15) is 0 Å². The van der Waals surface area contributed by atoms with Crippen LogP contribution in [0.1, 0.15) is 115 Å². The Hall–Kier alpha value is -2.80. The van der Waals surface area contributed by atoms with Crippen LogP contribution in [0, 0.1) is 11.8 Å². The van der Waals surface area contributed by atoms with Gasteiger partial charge in [0.1, 0.15) is 17.4 Å². The molecule has 0 aliphatic carbocycles. The molecule has 16 nitrogen and oxygen atoms in total. The molecule has 17 heteroatoms. The Morgan fingerprint density at radius 2 is 1.30 bits per heavy atom. The highest BCUT2D eigenvalue weighted by molar-refractivity contribution is 6.34. The molecule has 0 aromatic heterocycles. The molecule has 8 aliphatic rings. The number of aliphatic hydroxyl groups excluding tert-OH is 1. The second-order valence-corrected chi connectivity index (χ2v) is 19.3. The molecule has 1 aromatic carbocycles. The number of nitrogens with zero attached hydrogens (tertiary/aromatic N) is 4. The van der Waals surface area contributed by atoms with Gasteiger partial charge in [0.05, 0.1) is 43.1 Å². The van der Waals surface area contributed by atoms with Gasteiger partial charge in [-0.25, -0.2) is 0 Å². The Bertz CT molecular complexity index is 1600. The first-order valence-corrected chi connectivity index (χ1v) is 25.0. The number of ether oxygens (including phenoxy) is 5. The summed E-state index contributed by atoms with van der Waals surface area (Å²) in [7, 11) is 4.89. The van der Waals surface area contributed by atoms with Crippen LogP contribution < -0.4 is 21.5 Å². The van der Waals surface area contributed by atoms with E-state index in [1.807, 2.05) is 6.92 Å². The fraction of sp³-hybridized carbons (Fsp3) is 0.816. The number of fused-ring (bicyclic) bond motifs is 6. The number of methoxy groups -OCH3 is 3. The van der Waals surface area contributed by atoms with Crippen molar-refractivity contribution in [2.45, 2.75) is 141 Å². The summed E-state index contributed by atoms with van der Waals surface area (Å²) in [5.41, 5.74) is 12.5. The number of carbonyl (C=O) groups is 3. The van der Waals surface area contributed by atoms with Crippen LogP contribution >= 0.6 is 11.6 Å². The first kappa shape index (κ1) is 55.8. The second kappa shape index (κ2) is 29.3. The predicted octanol–water partition coefficient (Wildman–Crippen LogP) is 4.81. The van der Waals surface area contributed by atoms with Crippen LogP contribution in [0.25, 0.3) is 0 Å². The molecule has 4 bridgehead atoms. The van der Waals surface area contributed by atoms with Gasteiger partial charge in [0, 0.05) is 77.6 Å². The Labute approximate surface area is 401 Å². The smallest absolute Gasteiger partial charge is 0.306 e. The Balaban J connectivity index is 0.000000270. The number of esters is 2. The molecule has 0 saturated carbocycles. The van der Waals surface area contributed by atoms with Crippen LogP contribution in [0.2, 0.25) is 5.02 Å². The van der Waals surface area contributed by atoms with Gasteiger partial charge >= 0.3 is 11.9 Å². The van der Waals surface area contributed by atoms with Crippen LogP contribution in [0.15, 0.2) is 12.1 Å². The van der Waals surface area contributed by atoms with E-state index in [2.05, 4.69) is 24.9 Å². The monoisotopic (exact) mass is 952 g/mol. The first-order chi connectivity index (χ1) is 31.4. The van der Waals surface area contributed by atoms with Gasteiger partial charge in [0.2, 0.25) is 0 Å². The van der Waals surface area contributed by atoms with E-state index in [9.17, 15) is 19.5 Å². The topological polar surface area (TPSA) is 195 Å². The number of halogens is 1. The number of benzene rings is 1. The lowest BCUT2D eigenvalue weighted by molar-refractivity contribution is -0.159. The summed E-state index contributed by atoms with van der Waals surface area (Å²) >= 11 is 6.29. The minimum atomic E-state index is -0.299. The molecule has 1 aromatic rings. The molecule has 0 spiro atoms. The minimum Gasteiger partial charge on any atom is -0.496 e. The van der Waals surface area contributed by atoms with E-state index in [4.69, 9.17) is 46.8 Å². The first-order valence-electron chi connectivity index (χ1n) is 24.6. The van der Waals surface area contributed by atoms with Crippen LogP contribution in [0.3, 0.4) is 0 Å². The van der Waals surface area contributed by atoms with Crippen molar-refractivity contribution in [2.24, 2.45) is 17.6 Å². The van der Waals surface area contributed by atoms with Crippen molar-refractivity contribution < 1.29 is 43.2 Å². The third-order valence-corrected chi connectivity index (χ3v) is 14.6. The lowest BCUT2D eigenvalue weighted by atomic mass is 9.86. The van der Waals surface area contributed by atoms with Crippen molar-refractivity contribution in [1.29, 1.82) is 0 Å². The maximum absolute atomic E-state index is 13.0. The highest BCUT2D eigenvalue weighted by atomic mass is 35.5. The molecule has 9 rings (SSSR count). The zero-order chi connectivity index (χ0) is 46.7. The highest BCUT2D eigenvalue weighted by Gasteiger charge is 2.37. The summed E-state index contributed by atoms with van der Waals surface area (Å²) in [6.45, 7) is 14.5. The van der Waals surface area contributed by atoms with Gasteiger partial charge in [-0.15, -0.1) is 0 Å². The van der Waals surface area contributed by atoms with Gasteiger partial charge in [-0.3, -0.25) is 19.3 Å². The van der Waals surface area contributed by atoms with Crippen molar-refractivity contribution in [3.8, 4) is 5.75 Å². The number of hydrogen-bond acceptors (Lipinski definition) is 15. The van der Waals surface area contributed by atoms with Gasteiger partial charge in [-0.1, -0.05) is 31.9 Å². The quantitative estimate of drug-likeness (QED) is 0.0838. The van der Waals surface area contributed by atoms with E-state index >= 15 is 0 Å². The molecule has 66 heavy (non-hydrogen) atoms. The number of aliphatic hydroxyl groups is 1. The molecule has 6 N–H and O–H groups in total. The maximum Gasteiger partial charge on any atom is 0.306 e. The number of likely N-dealkylation sites (tertiary alicyclic amines) is 2. The van der Waals surface area contributed by atoms with Gasteiger partial charge in [0.25, 0.3) is 5.91 Å². The standard InChI is InChI=1S/C27H41ClN4O5.C14H28N2O3.C7H13NO.CH4/c1-35-22-15-19(29)14-20(28)26(22)27(34)30-21-9-13-31(17-24(21)36-2)10-5-3-4-6-25(33)37-23-16-32-11-7-18(23)8-12-32;1-3-19-14(17)7-5-4-6-9-16-10-8-12(15)13(11-16)18-2;9-7-5-8-3-1-6(7)2-4-8;/h14-15,18,21,23-24H,3-13,16-17,29H2,1-2H3,(H,30,34);12-13H,3-11,15H2,1-2H3;6-7,9H,1-5H2;1H4/t21-,23?,24+;12-,13+;;/m11../s1.